The fourth-order valence-electron chi connectivity index (χ4n) is 2.82. The molecule has 1 amide bonds. The van der Waals surface area contributed by atoms with E-state index in [1.165, 1.54) is 7.11 Å². The lowest BCUT2D eigenvalue weighted by molar-refractivity contribution is -0.118. The summed E-state index contributed by atoms with van der Waals surface area (Å²) < 4.78 is 4.73. The van der Waals surface area contributed by atoms with Gasteiger partial charge in [-0.15, -0.1) is 0 Å². The van der Waals surface area contributed by atoms with E-state index in [0.29, 0.717) is 24.9 Å². The Morgan fingerprint density at radius 1 is 1.26 bits per heavy atom. The number of rotatable bonds is 4. The zero-order valence-electron chi connectivity index (χ0n) is 13.0. The number of esters is 1. The van der Waals surface area contributed by atoms with Gasteiger partial charge in [-0.1, -0.05) is 6.07 Å². The van der Waals surface area contributed by atoms with Crippen molar-refractivity contribution in [1.82, 2.24) is 4.98 Å². The summed E-state index contributed by atoms with van der Waals surface area (Å²) in [7, 11) is 1.36. The number of anilines is 1. The zero-order valence-corrected chi connectivity index (χ0v) is 13.0. The Morgan fingerprint density at radius 3 is 2.87 bits per heavy atom. The maximum Gasteiger partial charge on any atom is 0.337 e. The molecule has 3 rings (SSSR count). The molecule has 2 aromatic rings. The highest BCUT2D eigenvalue weighted by atomic mass is 16.5. The summed E-state index contributed by atoms with van der Waals surface area (Å²) >= 11 is 0. The minimum atomic E-state index is -0.354. The fraction of sp³-hybridized carbons (Fsp3) is 0.278. The van der Waals surface area contributed by atoms with Crippen LogP contribution in [0.2, 0.25) is 0 Å². The second-order valence-corrected chi connectivity index (χ2v) is 5.45. The number of carbonyl (C=O) groups excluding carboxylic acids is 2. The van der Waals surface area contributed by atoms with Gasteiger partial charge in [-0.3, -0.25) is 9.78 Å². The van der Waals surface area contributed by atoms with Crippen LogP contribution < -0.4 is 4.90 Å². The van der Waals surface area contributed by atoms with Gasteiger partial charge in [0.25, 0.3) is 0 Å². The van der Waals surface area contributed by atoms with E-state index in [9.17, 15) is 9.59 Å². The van der Waals surface area contributed by atoms with Crippen LogP contribution in [0.15, 0.2) is 42.6 Å². The quantitative estimate of drug-likeness (QED) is 0.814. The topological polar surface area (TPSA) is 59.5 Å². The lowest BCUT2D eigenvalue weighted by atomic mass is 10.1. The summed E-state index contributed by atoms with van der Waals surface area (Å²) in [5.41, 5.74) is 3.35. The van der Waals surface area contributed by atoms with Gasteiger partial charge in [-0.2, -0.15) is 0 Å². The van der Waals surface area contributed by atoms with E-state index in [-0.39, 0.29) is 11.9 Å². The third kappa shape index (κ3) is 3.23. The van der Waals surface area contributed by atoms with Gasteiger partial charge in [0.05, 0.1) is 12.7 Å². The summed E-state index contributed by atoms with van der Waals surface area (Å²) in [6.45, 7) is 0.654. The maximum atomic E-state index is 12.5. The van der Waals surface area contributed by atoms with Gasteiger partial charge in [0.2, 0.25) is 5.91 Å². The Hall–Kier alpha value is -2.69. The molecule has 118 valence electrons. The summed E-state index contributed by atoms with van der Waals surface area (Å²) in [4.78, 5) is 30.1. The van der Waals surface area contributed by atoms with Crippen LogP contribution in [-0.2, 0) is 22.4 Å². The molecule has 23 heavy (non-hydrogen) atoms. The first kappa shape index (κ1) is 15.2. The van der Waals surface area contributed by atoms with Gasteiger partial charge in [0, 0.05) is 30.5 Å². The van der Waals surface area contributed by atoms with Crippen LogP contribution in [0.25, 0.3) is 0 Å². The van der Waals surface area contributed by atoms with Gasteiger partial charge in [0.1, 0.15) is 0 Å². The number of pyridine rings is 1. The van der Waals surface area contributed by atoms with Crippen molar-refractivity contribution in [2.24, 2.45) is 0 Å². The first-order valence-corrected chi connectivity index (χ1v) is 7.60. The molecule has 0 N–H and O–H groups in total. The Labute approximate surface area is 134 Å². The summed E-state index contributed by atoms with van der Waals surface area (Å²) in [5, 5.41) is 0. The molecule has 0 atom stereocenters. The monoisotopic (exact) mass is 310 g/mol. The average molecular weight is 310 g/mol. The number of methoxy groups -OCH3 is 1. The molecule has 0 bridgehead atoms. The first-order valence-electron chi connectivity index (χ1n) is 7.60. The molecule has 1 aliphatic rings. The summed E-state index contributed by atoms with van der Waals surface area (Å²) in [5.74, 6) is -0.270. The molecular weight excluding hydrogens is 292 g/mol. The van der Waals surface area contributed by atoms with Crippen LogP contribution in [0.1, 0.15) is 28.0 Å². The molecule has 1 aromatic carbocycles. The normalized spacial score (nSPS) is 12.8. The van der Waals surface area contributed by atoms with Crippen molar-refractivity contribution in [2.75, 3.05) is 18.6 Å². The van der Waals surface area contributed by atoms with Crippen LogP contribution >= 0.6 is 0 Å². The number of nitrogens with zero attached hydrogens (tertiary/aromatic N) is 2. The van der Waals surface area contributed by atoms with E-state index in [2.05, 4.69) is 4.98 Å². The Balaban J connectivity index is 1.69. The Kier molecular flexibility index (Phi) is 4.37. The van der Waals surface area contributed by atoms with Crippen LogP contribution in [0.5, 0.6) is 0 Å². The molecule has 1 aliphatic heterocycles. The number of aryl methyl sites for hydroxylation is 1. The van der Waals surface area contributed by atoms with Crippen molar-refractivity contribution >= 4 is 17.6 Å². The largest absolute Gasteiger partial charge is 0.465 e. The Bertz CT molecular complexity index is 728. The molecule has 0 unspecified atom stereocenters. The number of hydrogen-bond acceptors (Lipinski definition) is 4. The van der Waals surface area contributed by atoms with Gasteiger partial charge < -0.3 is 9.64 Å². The lowest BCUT2D eigenvalue weighted by Crippen LogP contribution is -2.29. The van der Waals surface area contributed by atoms with Gasteiger partial charge >= 0.3 is 5.97 Å². The number of ether oxygens (including phenoxy) is 1. The number of carbonyl (C=O) groups is 2. The van der Waals surface area contributed by atoms with Gasteiger partial charge in [-0.25, -0.2) is 4.79 Å². The van der Waals surface area contributed by atoms with Crippen molar-refractivity contribution in [3.8, 4) is 0 Å². The average Bonchev–Trinajstić information content (AvgIpc) is 3.03. The third-order valence-electron chi connectivity index (χ3n) is 4.02. The van der Waals surface area contributed by atoms with E-state index in [0.717, 1.165) is 23.4 Å². The van der Waals surface area contributed by atoms with Crippen LogP contribution in [-0.4, -0.2) is 30.5 Å². The van der Waals surface area contributed by atoms with Crippen molar-refractivity contribution in [3.05, 3.63) is 59.4 Å². The second-order valence-electron chi connectivity index (χ2n) is 5.45. The van der Waals surface area contributed by atoms with Gasteiger partial charge in [0.15, 0.2) is 0 Å². The van der Waals surface area contributed by atoms with Crippen molar-refractivity contribution in [2.45, 2.75) is 19.3 Å². The maximum absolute atomic E-state index is 12.5. The minimum absolute atomic E-state index is 0.0835. The molecule has 0 radical (unpaired) electrons. The number of amides is 1. The summed E-state index contributed by atoms with van der Waals surface area (Å²) in [6, 6.07) is 11.1. The van der Waals surface area contributed by atoms with Crippen LogP contribution in [0, 0.1) is 0 Å². The lowest BCUT2D eigenvalue weighted by Gasteiger charge is -2.17. The predicted octanol–water partition coefficient (Wildman–Crippen LogP) is 2.39. The standard InChI is InChI=1S/C18H18N2O3/c1-23-18(22)14-5-7-16-13(12-14)9-11-20(16)17(21)8-6-15-4-2-3-10-19-15/h2-5,7,10,12H,6,8-9,11H2,1H3. The highest BCUT2D eigenvalue weighted by Crippen LogP contribution is 2.29. The number of aromatic nitrogens is 1. The van der Waals surface area contributed by atoms with Crippen molar-refractivity contribution < 1.29 is 14.3 Å². The second kappa shape index (κ2) is 6.60. The zero-order chi connectivity index (χ0) is 16.2. The van der Waals surface area contributed by atoms with Gasteiger partial charge in [-0.05, 0) is 48.7 Å². The van der Waals surface area contributed by atoms with E-state index in [1.54, 1.807) is 17.2 Å². The molecule has 0 saturated carbocycles. The molecule has 0 saturated heterocycles. The number of hydrogen-bond donors (Lipinski definition) is 0. The highest BCUT2D eigenvalue weighted by molar-refractivity contribution is 5.97. The van der Waals surface area contributed by atoms with E-state index in [4.69, 9.17) is 4.74 Å². The summed E-state index contributed by atoms with van der Waals surface area (Å²) in [6.07, 6.45) is 3.55. The minimum Gasteiger partial charge on any atom is -0.465 e. The van der Waals surface area contributed by atoms with E-state index in [1.807, 2.05) is 30.3 Å². The first-order chi connectivity index (χ1) is 11.2. The number of benzene rings is 1. The molecule has 5 heteroatoms. The van der Waals surface area contributed by atoms with E-state index >= 15 is 0 Å². The molecule has 0 aliphatic carbocycles. The molecular formula is C18H18N2O3. The Morgan fingerprint density at radius 2 is 2.13 bits per heavy atom. The molecule has 5 nitrogen and oxygen atoms in total. The highest BCUT2D eigenvalue weighted by Gasteiger charge is 2.25. The smallest absolute Gasteiger partial charge is 0.337 e. The third-order valence-corrected chi connectivity index (χ3v) is 4.02. The molecule has 2 heterocycles. The van der Waals surface area contributed by atoms with Crippen molar-refractivity contribution in [3.63, 3.8) is 0 Å². The molecule has 0 spiro atoms. The van der Waals surface area contributed by atoms with E-state index < -0.39 is 0 Å². The molecule has 1 aromatic heterocycles. The SMILES string of the molecule is COC(=O)c1ccc2c(c1)CCN2C(=O)CCc1ccccn1. The van der Waals surface area contributed by atoms with Crippen LogP contribution in [0.4, 0.5) is 5.69 Å². The predicted molar refractivity (Wildman–Crippen MR) is 86.4 cm³/mol. The fourth-order valence-corrected chi connectivity index (χ4v) is 2.82. The van der Waals surface area contributed by atoms with Crippen molar-refractivity contribution in [1.29, 1.82) is 0 Å². The molecule has 0 fully saturated rings. The number of fused-ring (bicyclic) bond motifs is 1. The van der Waals surface area contributed by atoms with Crippen LogP contribution in [0.3, 0.4) is 0 Å².